The SMILES string of the molecule is C.CC/C=C\C=C(/CC)CNc1ccc(OC(F)(F)F)cc1C. The molecule has 0 aliphatic carbocycles. The lowest BCUT2D eigenvalue weighted by Crippen LogP contribution is -2.17. The largest absolute Gasteiger partial charge is 0.573 e. The van der Waals surface area contributed by atoms with Crippen LogP contribution in [0.2, 0.25) is 0 Å². The van der Waals surface area contributed by atoms with Gasteiger partial charge < -0.3 is 10.1 Å². The topological polar surface area (TPSA) is 21.3 Å². The minimum absolute atomic E-state index is 0. The molecule has 0 spiro atoms. The van der Waals surface area contributed by atoms with Gasteiger partial charge >= 0.3 is 6.36 Å². The molecule has 0 bridgehead atoms. The number of ether oxygens (including phenoxy) is 1. The molecule has 2 nitrogen and oxygen atoms in total. The van der Waals surface area contributed by atoms with Crippen LogP contribution < -0.4 is 10.1 Å². The fourth-order valence-corrected chi connectivity index (χ4v) is 1.88. The van der Waals surface area contributed by atoms with Crippen molar-refractivity contribution in [3.63, 3.8) is 0 Å². The number of anilines is 1. The molecule has 1 rings (SSSR count). The van der Waals surface area contributed by atoms with Crippen LogP contribution in [0.15, 0.2) is 42.0 Å². The quantitative estimate of drug-likeness (QED) is 0.597. The Balaban J connectivity index is 0.00000484. The fourth-order valence-electron chi connectivity index (χ4n) is 1.88. The molecule has 0 saturated heterocycles. The Kier molecular flexibility index (Phi) is 9.15. The average molecular weight is 329 g/mol. The lowest BCUT2D eigenvalue weighted by atomic mass is 10.1. The summed E-state index contributed by atoms with van der Waals surface area (Å²) in [6, 6.07) is 4.29. The van der Waals surface area contributed by atoms with Crippen molar-refractivity contribution in [1.82, 2.24) is 0 Å². The van der Waals surface area contributed by atoms with E-state index in [2.05, 4.69) is 36.1 Å². The lowest BCUT2D eigenvalue weighted by molar-refractivity contribution is -0.274. The fraction of sp³-hybridized carbons (Fsp3) is 0.444. The molecule has 0 radical (unpaired) electrons. The summed E-state index contributed by atoms with van der Waals surface area (Å²) in [6.45, 7) is 6.55. The van der Waals surface area contributed by atoms with Crippen LogP contribution in [0.3, 0.4) is 0 Å². The van der Waals surface area contributed by atoms with E-state index in [9.17, 15) is 13.2 Å². The number of benzene rings is 1. The molecule has 1 aromatic carbocycles. The van der Waals surface area contributed by atoms with Crippen LogP contribution in [0.25, 0.3) is 0 Å². The first-order chi connectivity index (χ1) is 10.4. The van der Waals surface area contributed by atoms with Gasteiger partial charge in [-0.1, -0.05) is 45.1 Å². The van der Waals surface area contributed by atoms with Gasteiger partial charge in [-0.05, 0) is 43.5 Å². The predicted molar refractivity (Wildman–Crippen MR) is 90.9 cm³/mol. The molecule has 5 heteroatoms. The first-order valence-corrected chi connectivity index (χ1v) is 7.30. The lowest BCUT2D eigenvalue weighted by Gasteiger charge is -2.14. The number of alkyl halides is 3. The summed E-state index contributed by atoms with van der Waals surface area (Å²) in [7, 11) is 0. The Hall–Kier alpha value is -1.91. The summed E-state index contributed by atoms with van der Waals surface area (Å²) in [5.74, 6) is -0.201. The Morgan fingerprint density at radius 3 is 2.48 bits per heavy atom. The minimum atomic E-state index is -4.66. The third-order valence-electron chi connectivity index (χ3n) is 3.10. The van der Waals surface area contributed by atoms with Gasteiger partial charge in [0.2, 0.25) is 0 Å². The summed E-state index contributed by atoms with van der Waals surface area (Å²) in [5, 5.41) is 3.24. The van der Waals surface area contributed by atoms with Crippen LogP contribution in [-0.2, 0) is 0 Å². The number of allylic oxidation sites excluding steroid dienone is 3. The standard InChI is InChI=1S/C17H22F3NO.CH4/c1-4-6-7-8-14(5-2)12-21-16-10-9-15(11-13(16)3)22-17(18,19)20;/h6-11,21H,4-5,12H2,1-3H3;1H4/b7-6-,14-8+;. The molecular weight excluding hydrogens is 303 g/mol. The van der Waals surface area contributed by atoms with Crippen molar-refractivity contribution in [1.29, 1.82) is 0 Å². The second-order valence-electron chi connectivity index (χ2n) is 4.89. The van der Waals surface area contributed by atoms with E-state index in [-0.39, 0.29) is 13.2 Å². The van der Waals surface area contributed by atoms with Gasteiger partial charge in [0.05, 0.1) is 0 Å². The van der Waals surface area contributed by atoms with Crippen molar-refractivity contribution in [2.45, 2.75) is 47.4 Å². The van der Waals surface area contributed by atoms with E-state index in [1.54, 1.807) is 13.0 Å². The van der Waals surface area contributed by atoms with Crippen LogP contribution in [0.5, 0.6) is 5.75 Å². The number of rotatable bonds is 7. The third-order valence-corrected chi connectivity index (χ3v) is 3.10. The van der Waals surface area contributed by atoms with E-state index in [1.807, 2.05) is 6.08 Å². The second-order valence-corrected chi connectivity index (χ2v) is 4.89. The highest BCUT2D eigenvalue weighted by Gasteiger charge is 2.31. The predicted octanol–water partition coefficient (Wildman–Crippen LogP) is 6.24. The normalized spacial score (nSPS) is 12.2. The highest BCUT2D eigenvalue weighted by atomic mass is 19.4. The number of hydrogen-bond donors (Lipinski definition) is 1. The molecule has 23 heavy (non-hydrogen) atoms. The Labute approximate surface area is 137 Å². The van der Waals surface area contributed by atoms with Crippen molar-refractivity contribution in [2.24, 2.45) is 0 Å². The van der Waals surface area contributed by atoms with Gasteiger partial charge in [-0.2, -0.15) is 0 Å². The number of hydrogen-bond acceptors (Lipinski definition) is 2. The molecular formula is C18H26F3NO. The van der Waals surface area contributed by atoms with Crippen LogP contribution in [-0.4, -0.2) is 12.9 Å². The van der Waals surface area contributed by atoms with E-state index < -0.39 is 6.36 Å². The van der Waals surface area contributed by atoms with E-state index in [0.717, 1.165) is 18.5 Å². The third kappa shape index (κ3) is 8.33. The van der Waals surface area contributed by atoms with Gasteiger partial charge in [0.25, 0.3) is 0 Å². The number of aryl methyl sites for hydroxylation is 1. The molecule has 0 unspecified atom stereocenters. The highest BCUT2D eigenvalue weighted by molar-refractivity contribution is 5.54. The van der Waals surface area contributed by atoms with Crippen molar-refractivity contribution in [3.05, 3.63) is 47.6 Å². The summed E-state index contributed by atoms with van der Waals surface area (Å²) in [4.78, 5) is 0. The van der Waals surface area contributed by atoms with E-state index in [4.69, 9.17) is 0 Å². The van der Waals surface area contributed by atoms with Gasteiger partial charge in [-0.3, -0.25) is 0 Å². The molecule has 1 aromatic rings. The molecule has 0 saturated carbocycles. The van der Waals surface area contributed by atoms with Crippen molar-refractivity contribution < 1.29 is 17.9 Å². The van der Waals surface area contributed by atoms with Crippen LogP contribution in [0.1, 0.15) is 39.7 Å². The summed E-state index contributed by atoms with van der Waals surface area (Å²) >= 11 is 0. The van der Waals surface area contributed by atoms with E-state index in [1.165, 1.54) is 17.7 Å². The zero-order valence-corrected chi connectivity index (χ0v) is 13.1. The summed E-state index contributed by atoms with van der Waals surface area (Å²) < 4.78 is 40.4. The molecule has 0 atom stereocenters. The van der Waals surface area contributed by atoms with Crippen LogP contribution in [0, 0.1) is 6.92 Å². The summed E-state index contributed by atoms with van der Waals surface area (Å²) in [5.41, 5.74) is 2.73. The molecule has 0 fully saturated rings. The maximum atomic E-state index is 12.2. The zero-order valence-electron chi connectivity index (χ0n) is 13.1. The van der Waals surface area contributed by atoms with Crippen LogP contribution >= 0.6 is 0 Å². The Morgan fingerprint density at radius 1 is 1.26 bits per heavy atom. The molecule has 0 aromatic heterocycles. The van der Waals surface area contributed by atoms with Gasteiger partial charge in [-0.15, -0.1) is 13.2 Å². The zero-order chi connectivity index (χ0) is 16.6. The Morgan fingerprint density at radius 2 is 1.96 bits per heavy atom. The minimum Gasteiger partial charge on any atom is -0.406 e. The number of nitrogens with one attached hydrogen (secondary N) is 1. The molecule has 130 valence electrons. The smallest absolute Gasteiger partial charge is 0.406 e. The van der Waals surface area contributed by atoms with Crippen molar-refractivity contribution >= 4 is 5.69 Å². The van der Waals surface area contributed by atoms with Gasteiger partial charge in [0.15, 0.2) is 0 Å². The van der Waals surface area contributed by atoms with Gasteiger partial charge in [0.1, 0.15) is 5.75 Å². The molecule has 0 amide bonds. The Bertz CT molecular complexity index is 534. The average Bonchev–Trinajstić information content (AvgIpc) is 2.42. The van der Waals surface area contributed by atoms with E-state index >= 15 is 0 Å². The van der Waals surface area contributed by atoms with Crippen molar-refractivity contribution in [2.75, 3.05) is 11.9 Å². The number of halogens is 3. The highest BCUT2D eigenvalue weighted by Crippen LogP contribution is 2.26. The summed E-state index contributed by atoms with van der Waals surface area (Å²) in [6.07, 6.45) is 3.39. The second kappa shape index (κ2) is 9.98. The van der Waals surface area contributed by atoms with Gasteiger partial charge in [-0.25, -0.2) is 0 Å². The first kappa shape index (κ1) is 21.1. The maximum Gasteiger partial charge on any atom is 0.573 e. The van der Waals surface area contributed by atoms with Crippen molar-refractivity contribution in [3.8, 4) is 5.75 Å². The molecule has 1 N–H and O–H groups in total. The molecule has 0 aliphatic heterocycles. The molecule has 0 aliphatic rings. The van der Waals surface area contributed by atoms with E-state index in [0.29, 0.717) is 12.1 Å². The van der Waals surface area contributed by atoms with Gasteiger partial charge in [0, 0.05) is 12.2 Å². The van der Waals surface area contributed by atoms with Crippen LogP contribution in [0.4, 0.5) is 18.9 Å². The maximum absolute atomic E-state index is 12.2. The monoisotopic (exact) mass is 329 g/mol. The first-order valence-electron chi connectivity index (χ1n) is 7.30. The molecule has 0 heterocycles.